The number of aromatic nitrogens is 3. The number of amides is 3. The van der Waals surface area contributed by atoms with Crippen molar-refractivity contribution in [3.63, 3.8) is 0 Å². The van der Waals surface area contributed by atoms with E-state index >= 15 is 0 Å². The molecule has 1 fully saturated rings. The summed E-state index contributed by atoms with van der Waals surface area (Å²) in [5.74, 6) is -0.123. The maximum atomic E-state index is 12.7. The predicted octanol–water partition coefficient (Wildman–Crippen LogP) is 5.34. The first kappa shape index (κ1) is 36.1. The molecule has 3 amide bonds. The summed E-state index contributed by atoms with van der Waals surface area (Å²) in [7, 11) is 0. The number of carbonyl (C=O) groups excluding carboxylic acids is 2. The zero-order valence-corrected chi connectivity index (χ0v) is 29.2. The maximum Gasteiger partial charge on any atom is 0.318 e. The fraction of sp³-hybridized carbons (Fsp3) is 0.471. The number of hydrogen-bond acceptors (Lipinski definition) is 5. The third kappa shape index (κ3) is 10.6. The standard InChI is InChI=1S/C18H32N6O2.C14H11BrClN.C2H2/c1-17(2,3)22-16(26)24-11-9-19-12-14(24)15(25)21-7-6-18(4,5)23-10-8-20-13-23;15-12-5-11-2-1-9-6-13(16)4-3-10(9)7-14(11)17-8-12;1-2/h8,10,13-14,19H,6-7,9,11-12H2,1-5H3,(H,21,25)(H,22,26);3-6,8H,1-2,7H2;1-2H/t14-;;/m1../s1. The SMILES string of the molecule is C#C.CC(C)(C)NC(=O)N1CCNC[C@@H]1C(=O)NCCC(C)(C)n1ccnc1.Clc1ccc2c(c1)CCc1cc(Br)cnc1C2. The zero-order chi connectivity index (χ0) is 33.2. The van der Waals surface area contributed by atoms with Crippen molar-refractivity contribution >= 4 is 39.5 Å². The minimum Gasteiger partial charge on any atom is -0.354 e. The number of hydrogen-bond donors (Lipinski definition) is 3. The molecule has 3 heterocycles. The largest absolute Gasteiger partial charge is 0.354 e. The van der Waals surface area contributed by atoms with Crippen LogP contribution in [0.2, 0.25) is 5.02 Å². The van der Waals surface area contributed by atoms with Crippen LogP contribution in [0.1, 0.15) is 63.4 Å². The van der Waals surface area contributed by atoms with Crippen LogP contribution >= 0.6 is 27.5 Å². The molecular formula is C34H45BrClN7O2. The van der Waals surface area contributed by atoms with E-state index in [1.54, 1.807) is 17.4 Å². The summed E-state index contributed by atoms with van der Waals surface area (Å²) in [4.78, 5) is 35.4. The van der Waals surface area contributed by atoms with Crippen LogP contribution in [-0.2, 0) is 29.6 Å². The fourth-order valence-corrected chi connectivity index (χ4v) is 5.84. The highest BCUT2D eigenvalue weighted by Crippen LogP contribution is 2.27. The van der Waals surface area contributed by atoms with E-state index in [1.165, 1.54) is 22.4 Å². The predicted molar refractivity (Wildman–Crippen MR) is 184 cm³/mol. The Morgan fingerprint density at radius 2 is 1.84 bits per heavy atom. The van der Waals surface area contributed by atoms with Gasteiger partial charge in [-0.3, -0.25) is 9.78 Å². The van der Waals surface area contributed by atoms with Crippen LogP contribution in [0.5, 0.6) is 0 Å². The van der Waals surface area contributed by atoms with E-state index in [1.807, 2.05) is 43.8 Å². The molecule has 5 rings (SSSR count). The highest BCUT2D eigenvalue weighted by Gasteiger charge is 2.33. The molecule has 0 bridgehead atoms. The lowest BCUT2D eigenvalue weighted by Crippen LogP contribution is -2.63. The average molecular weight is 699 g/mol. The lowest BCUT2D eigenvalue weighted by Gasteiger charge is -2.37. The van der Waals surface area contributed by atoms with Gasteiger partial charge in [0.15, 0.2) is 0 Å². The highest BCUT2D eigenvalue weighted by molar-refractivity contribution is 9.10. The normalized spacial score (nSPS) is 15.9. The Hall–Kier alpha value is -3.39. The molecule has 3 N–H and O–H groups in total. The number of nitrogens with zero attached hydrogens (tertiary/aromatic N) is 4. The molecule has 1 aliphatic carbocycles. The van der Waals surface area contributed by atoms with E-state index in [0.29, 0.717) is 26.2 Å². The molecule has 1 atom stereocenters. The second-order valence-corrected chi connectivity index (χ2v) is 14.1. The fourth-order valence-electron chi connectivity index (χ4n) is 5.26. The Balaban J connectivity index is 0.000000249. The number of aryl methyl sites for hydroxylation is 2. The van der Waals surface area contributed by atoms with Crippen LogP contribution in [-0.4, -0.2) is 69.1 Å². The number of benzene rings is 1. The molecule has 242 valence electrons. The van der Waals surface area contributed by atoms with Gasteiger partial charge in [0.25, 0.3) is 0 Å². The highest BCUT2D eigenvalue weighted by atomic mass is 79.9. The third-order valence-corrected chi connectivity index (χ3v) is 8.41. The molecule has 2 aliphatic rings. The van der Waals surface area contributed by atoms with Gasteiger partial charge in [-0.1, -0.05) is 17.7 Å². The number of fused-ring (bicyclic) bond motifs is 2. The molecule has 2 aromatic heterocycles. The van der Waals surface area contributed by atoms with Gasteiger partial charge in [0.05, 0.1) is 6.33 Å². The van der Waals surface area contributed by atoms with Gasteiger partial charge in [0.1, 0.15) is 6.04 Å². The lowest BCUT2D eigenvalue weighted by atomic mass is 10.0. The Morgan fingerprint density at radius 3 is 2.53 bits per heavy atom. The van der Waals surface area contributed by atoms with E-state index in [4.69, 9.17) is 11.6 Å². The van der Waals surface area contributed by atoms with Gasteiger partial charge in [0.2, 0.25) is 5.91 Å². The van der Waals surface area contributed by atoms with Crippen molar-refractivity contribution in [3.8, 4) is 12.8 Å². The molecule has 0 spiro atoms. The summed E-state index contributed by atoms with van der Waals surface area (Å²) in [5.41, 5.74) is 4.76. The number of terminal acetylenes is 1. The van der Waals surface area contributed by atoms with Crippen LogP contribution < -0.4 is 16.0 Å². The number of halogens is 2. The zero-order valence-electron chi connectivity index (χ0n) is 26.9. The first-order valence-electron chi connectivity index (χ1n) is 15.1. The summed E-state index contributed by atoms with van der Waals surface area (Å²) >= 11 is 9.52. The van der Waals surface area contributed by atoms with Crippen molar-refractivity contribution in [2.45, 2.75) is 77.4 Å². The van der Waals surface area contributed by atoms with Crippen LogP contribution in [0, 0.1) is 12.8 Å². The van der Waals surface area contributed by atoms with Crippen LogP contribution in [0.25, 0.3) is 0 Å². The smallest absolute Gasteiger partial charge is 0.318 e. The number of imidazole rings is 1. The van der Waals surface area contributed by atoms with Crippen molar-refractivity contribution in [3.05, 3.63) is 81.1 Å². The molecule has 9 nitrogen and oxygen atoms in total. The van der Waals surface area contributed by atoms with Gasteiger partial charge in [-0.25, -0.2) is 9.78 Å². The van der Waals surface area contributed by atoms with Crippen molar-refractivity contribution in [1.82, 2.24) is 35.4 Å². The van der Waals surface area contributed by atoms with Crippen molar-refractivity contribution in [1.29, 1.82) is 0 Å². The first-order chi connectivity index (χ1) is 21.3. The van der Waals surface area contributed by atoms with E-state index < -0.39 is 6.04 Å². The monoisotopic (exact) mass is 697 g/mol. The van der Waals surface area contributed by atoms with E-state index in [-0.39, 0.29) is 23.0 Å². The molecule has 0 unspecified atom stereocenters. The summed E-state index contributed by atoms with van der Waals surface area (Å²) in [6.07, 6.45) is 19.1. The van der Waals surface area contributed by atoms with Gasteiger partial charge in [-0.05, 0) is 105 Å². The van der Waals surface area contributed by atoms with E-state index in [0.717, 1.165) is 35.2 Å². The molecule has 0 saturated carbocycles. The number of rotatable bonds is 5. The van der Waals surface area contributed by atoms with E-state index in [9.17, 15) is 9.59 Å². The van der Waals surface area contributed by atoms with Crippen LogP contribution in [0.4, 0.5) is 4.79 Å². The van der Waals surface area contributed by atoms with Gasteiger partial charge < -0.3 is 25.4 Å². The van der Waals surface area contributed by atoms with Gasteiger partial charge in [0, 0.05) is 77.5 Å². The minimum absolute atomic E-state index is 0.123. The Bertz CT molecular complexity index is 1400. The summed E-state index contributed by atoms with van der Waals surface area (Å²) < 4.78 is 3.09. The average Bonchev–Trinajstić information content (AvgIpc) is 3.49. The third-order valence-electron chi connectivity index (χ3n) is 7.74. The summed E-state index contributed by atoms with van der Waals surface area (Å²) in [6.45, 7) is 12.2. The number of nitrogens with one attached hydrogen (secondary N) is 3. The summed E-state index contributed by atoms with van der Waals surface area (Å²) in [6, 6.07) is 7.65. The van der Waals surface area contributed by atoms with Crippen LogP contribution in [0.15, 0.2) is 53.7 Å². The van der Waals surface area contributed by atoms with Gasteiger partial charge in [-0.15, -0.1) is 12.8 Å². The molecule has 1 aromatic carbocycles. The van der Waals surface area contributed by atoms with Crippen molar-refractivity contribution < 1.29 is 9.59 Å². The molecule has 3 aromatic rings. The second-order valence-electron chi connectivity index (χ2n) is 12.8. The van der Waals surface area contributed by atoms with Crippen molar-refractivity contribution in [2.24, 2.45) is 0 Å². The second kappa shape index (κ2) is 16.3. The van der Waals surface area contributed by atoms with Gasteiger partial charge in [-0.2, -0.15) is 0 Å². The quantitative estimate of drug-likeness (QED) is 0.312. The minimum atomic E-state index is -0.498. The summed E-state index contributed by atoms with van der Waals surface area (Å²) in [5, 5.41) is 9.95. The number of carbonyl (C=O) groups is 2. The van der Waals surface area contributed by atoms with Gasteiger partial charge >= 0.3 is 6.03 Å². The number of pyridine rings is 1. The van der Waals surface area contributed by atoms with E-state index in [2.05, 4.69) is 86.7 Å². The first-order valence-corrected chi connectivity index (χ1v) is 16.3. The number of urea groups is 1. The Kier molecular flexibility index (Phi) is 13.0. The maximum absolute atomic E-state index is 12.7. The molecule has 0 radical (unpaired) electrons. The molecule has 1 saturated heterocycles. The molecular weight excluding hydrogens is 654 g/mol. The Morgan fingerprint density at radius 1 is 1.11 bits per heavy atom. The Labute approximate surface area is 281 Å². The van der Waals surface area contributed by atoms with Crippen LogP contribution in [0.3, 0.4) is 0 Å². The molecule has 45 heavy (non-hydrogen) atoms. The van der Waals surface area contributed by atoms with Crippen molar-refractivity contribution in [2.75, 3.05) is 26.2 Å². The molecule has 11 heteroatoms. The molecule has 1 aliphatic heterocycles. The lowest BCUT2D eigenvalue weighted by molar-refractivity contribution is -0.126. The number of piperazine rings is 1. The topological polar surface area (TPSA) is 104 Å².